The lowest BCUT2D eigenvalue weighted by atomic mass is 10.2. The van der Waals surface area contributed by atoms with Crippen molar-refractivity contribution >= 4 is 28.9 Å². The first kappa shape index (κ1) is 17.9. The Hall–Kier alpha value is -1.90. The van der Waals surface area contributed by atoms with Crippen LogP contribution in [0.3, 0.4) is 0 Å². The van der Waals surface area contributed by atoms with Crippen molar-refractivity contribution in [2.24, 2.45) is 4.99 Å². The van der Waals surface area contributed by atoms with E-state index in [-0.39, 0.29) is 29.9 Å². The summed E-state index contributed by atoms with van der Waals surface area (Å²) < 4.78 is 13.3. The number of amidine groups is 1. The van der Waals surface area contributed by atoms with Crippen LogP contribution >= 0.6 is 11.8 Å². The number of carbonyl (C=O) groups excluding carboxylic acids is 1. The molecule has 1 aromatic rings. The molecule has 2 N–H and O–H groups in total. The summed E-state index contributed by atoms with van der Waals surface area (Å²) in [5.41, 5.74) is 0.258. The van der Waals surface area contributed by atoms with Crippen LogP contribution in [-0.2, 0) is 4.79 Å². The Morgan fingerprint density at radius 3 is 2.96 bits per heavy atom. The molecule has 1 unspecified atom stereocenters. The fourth-order valence-electron chi connectivity index (χ4n) is 2.96. The normalized spacial score (nSPS) is 23.4. The van der Waals surface area contributed by atoms with Crippen LogP contribution in [0, 0.1) is 5.82 Å². The molecule has 134 valence electrons. The van der Waals surface area contributed by atoms with Gasteiger partial charge in [0.1, 0.15) is 11.6 Å². The highest BCUT2D eigenvalue weighted by atomic mass is 32.2. The van der Waals surface area contributed by atoms with Gasteiger partial charge < -0.3 is 15.1 Å². The first-order chi connectivity index (χ1) is 12.0. The molecule has 0 radical (unpaired) electrons. The zero-order valence-corrected chi connectivity index (χ0v) is 14.7. The fraction of sp³-hybridized carbons (Fsp3) is 0.412. The van der Waals surface area contributed by atoms with E-state index in [0.29, 0.717) is 16.6 Å². The number of phenolic OH excluding ortho intramolecular Hbond substituents is 1. The van der Waals surface area contributed by atoms with E-state index in [2.05, 4.69) is 21.7 Å². The van der Waals surface area contributed by atoms with E-state index in [1.54, 1.807) is 0 Å². The number of amides is 1. The fourth-order valence-corrected chi connectivity index (χ4v) is 4.00. The number of thioether (sulfide) groups is 1. The van der Waals surface area contributed by atoms with Crippen molar-refractivity contribution in [3.05, 3.63) is 34.5 Å². The van der Waals surface area contributed by atoms with Gasteiger partial charge in [-0.1, -0.05) is 0 Å². The number of rotatable bonds is 3. The van der Waals surface area contributed by atoms with Crippen molar-refractivity contribution in [2.45, 2.75) is 13.0 Å². The molecule has 1 atom stereocenters. The minimum Gasteiger partial charge on any atom is -0.507 e. The van der Waals surface area contributed by atoms with Crippen LogP contribution in [0.1, 0.15) is 12.5 Å². The van der Waals surface area contributed by atoms with Gasteiger partial charge in [-0.3, -0.25) is 9.69 Å². The largest absolute Gasteiger partial charge is 0.507 e. The van der Waals surface area contributed by atoms with Gasteiger partial charge in [-0.2, -0.15) is 4.99 Å². The molecular weight excluding hydrogens is 345 g/mol. The van der Waals surface area contributed by atoms with Gasteiger partial charge in [-0.05, 0) is 43.0 Å². The van der Waals surface area contributed by atoms with E-state index >= 15 is 0 Å². The summed E-state index contributed by atoms with van der Waals surface area (Å²) in [6, 6.07) is 3.78. The maximum atomic E-state index is 13.3. The predicted molar refractivity (Wildman–Crippen MR) is 95.8 cm³/mol. The first-order valence-corrected chi connectivity index (χ1v) is 8.90. The molecule has 2 aliphatic rings. The van der Waals surface area contributed by atoms with E-state index in [4.69, 9.17) is 5.11 Å². The minimum atomic E-state index is -0.477. The Morgan fingerprint density at radius 2 is 2.24 bits per heavy atom. The van der Waals surface area contributed by atoms with Gasteiger partial charge in [-0.15, -0.1) is 0 Å². The van der Waals surface area contributed by atoms with Gasteiger partial charge in [0.2, 0.25) is 0 Å². The van der Waals surface area contributed by atoms with Crippen LogP contribution < -0.4 is 0 Å². The second-order valence-corrected chi connectivity index (χ2v) is 7.09. The van der Waals surface area contributed by atoms with E-state index in [9.17, 15) is 14.3 Å². The van der Waals surface area contributed by atoms with Gasteiger partial charge >= 0.3 is 0 Å². The van der Waals surface area contributed by atoms with E-state index in [1.165, 1.54) is 30.0 Å². The van der Waals surface area contributed by atoms with Gasteiger partial charge in [-0.25, -0.2) is 4.39 Å². The molecule has 8 heteroatoms. The highest BCUT2D eigenvalue weighted by Gasteiger charge is 2.32. The summed E-state index contributed by atoms with van der Waals surface area (Å²) in [7, 11) is 0. The molecule has 0 spiro atoms. The van der Waals surface area contributed by atoms with Crippen molar-refractivity contribution in [1.82, 2.24) is 9.80 Å². The lowest BCUT2D eigenvalue weighted by molar-refractivity contribution is -0.113. The molecular formula is C17H20FN3O3S. The van der Waals surface area contributed by atoms with E-state index in [0.717, 1.165) is 25.7 Å². The van der Waals surface area contributed by atoms with Crippen molar-refractivity contribution in [2.75, 3.05) is 32.8 Å². The van der Waals surface area contributed by atoms with Gasteiger partial charge in [0, 0.05) is 37.8 Å². The summed E-state index contributed by atoms with van der Waals surface area (Å²) in [6.45, 7) is 5.13. The van der Waals surface area contributed by atoms with Crippen LogP contribution in [0.4, 0.5) is 4.39 Å². The predicted octanol–water partition coefficient (Wildman–Crippen LogP) is 1.50. The maximum absolute atomic E-state index is 13.3. The molecule has 0 aromatic heterocycles. The van der Waals surface area contributed by atoms with Crippen molar-refractivity contribution in [3.63, 3.8) is 0 Å². The van der Waals surface area contributed by atoms with Crippen molar-refractivity contribution < 1.29 is 19.4 Å². The lowest BCUT2D eigenvalue weighted by Gasteiger charge is -2.40. The third kappa shape index (κ3) is 4.02. The number of β-amino-alcohol motifs (C(OH)–C–C–N with tert-alkyl or cyclic N) is 1. The summed E-state index contributed by atoms with van der Waals surface area (Å²) in [5, 5.41) is 19.5. The van der Waals surface area contributed by atoms with Gasteiger partial charge in [0.05, 0.1) is 11.5 Å². The standard InChI is InChI=1S/C17H20FN3O3S/c1-11-10-20(6-7-22)4-5-21(11)17-19-16(24)15(25-17)9-12-8-13(18)2-3-14(12)23/h2-3,8-9,11,22-23H,4-7,10H2,1H3/b15-9-. The minimum absolute atomic E-state index is 0.0817. The topological polar surface area (TPSA) is 76.4 Å². The van der Waals surface area contributed by atoms with Crippen molar-refractivity contribution in [3.8, 4) is 5.75 Å². The van der Waals surface area contributed by atoms with Crippen LogP contribution in [0.25, 0.3) is 6.08 Å². The first-order valence-electron chi connectivity index (χ1n) is 8.09. The van der Waals surface area contributed by atoms with E-state index in [1.807, 2.05) is 0 Å². The maximum Gasteiger partial charge on any atom is 0.286 e. The molecule has 1 saturated heterocycles. The molecule has 0 saturated carbocycles. The zero-order chi connectivity index (χ0) is 18.0. The van der Waals surface area contributed by atoms with Crippen LogP contribution in [0.5, 0.6) is 5.75 Å². The number of hydrogen-bond acceptors (Lipinski definition) is 6. The molecule has 1 amide bonds. The smallest absolute Gasteiger partial charge is 0.286 e. The number of carbonyl (C=O) groups is 1. The Balaban J connectivity index is 1.73. The Morgan fingerprint density at radius 1 is 1.44 bits per heavy atom. The molecule has 1 aromatic carbocycles. The second kappa shape index (κ2) is 7.55. The summed E-state index contributed by atoms with van der Waals surface area (Å²) in [5.74, 6) is -0.940. The molecule has 25 heavy (non-hydrogen) atoms. The highest BCUT2D eigenvalue weighted by molar-refractivity contribution is 8.18. The van der Waals surface area contributed by atoms with Gasteiger partial charge in [0.25, 0.3) is 5.91 Å². The Bertz CT molecular complexity index is 738. The lowest BCUT2D eigenvalue weighted by Crippen LogP contribution is -2.53. The van der Waals surface area contributed by atoms with Crippen LogP contribution in [0.2, 0.25) is 0 Å². The molecule has 1 fully saturated rings. The number of phenols is 1. The summed E-state index contributed by atoms with van der Waals surface area (Å²) >= 11 is 1.24. The number of aliphatic hydroxyl groups excluding tert-OH is 1. The number of aliphatic imine (C=N–C) groups is 1. The third-order valence-corrected chi connectivity index (χ3v) is 5.28. The molecule has 3 rings (SSSR count). The molecule has 2 heterocycles. The van der Waals surface area contributed by atoms with Gasteiger partial charge in [0.15, 0.2) is 5.17 Å². The molecule has 0 aliphatic carbocycles. The third-order valence-electron chi connectivity index (χ3n) is 4.26. The summed E-state index contributed by atoms with van der Waals surface area (Å²) in [4.78, 5) is 20.9. The number of aromatic hydroxyl groups is 1. The molecule has 2 aliphatic heterocycles. The zero-order valence-electron chi connectivity index (χ0n) is 13.9. The number of aliphatic hydroxyl groups is 1. The Kier molecular flexibility index (Phi) is 5.41. The Labute approximate surface area is 149 Å². The number of nitrogens with zero attached hydrogens (tertiary/aromatic N) is 3. The quantitative estimate of drug-likeness (QED) is 0.791. The number of piperazine rings is 1. The van der Waals surface area contributed by atoms with E-state index < -0.39 is 5.82 Å². The second-order valence-electron chi connectivity index (χ2n) is 6.08. The average molecular weight is 365 g/mol. The number of halogens is 1. The molecule has 6 nitrogen and oxygen atoms in total. The monoisotopic (exact) mass is 365 g/mol. The number of hydrogen-bond donors (Lipinski definition) is 2. The SMILES string of the molecule is CC1CN(CCO)CCN1C1=NC(=O)/C(=C/c2cc(F)ccc2O)S1. The summed E-state index contributed by atoms with van der Waals surface area (Å²) in [6.07, 6.45) is 1.47. The number of benzene rings is 1. The highest BCUT2D eigenvalue weighted by Crippen LogP contribution is 2.33. The average Bonchev–Trinajstić information content (AvgIpc) is 2.92. The van der Waals surface area contributed by atoms with Crippen LogP contribution in [-0.4, -0.2) is 69.9 Å². The van der Waals surface area contributed by atoms with Crippen LogP contribution in [0.15, 0.2) is 28.1 Å². The molecule has 0 bridgehead atoms. The van der Waals surface area contributed by atoms with Crippen molar-refractivity contribution in [1.29, 1.82) is 0 Å².